The molecule has 0 radical (unpaired) electrons. The molecule has 1 fully saturated rings. The lowest BCUT2D eigenvalue weighted by molar-refractivity contribution is -0.177. The van der Waals surface area contributed by atoms with E-state index in [1.54, 1.807) is 42.5 Å². The lowest BCUT2D eigenvalue weighted by atomic mass is 9.50. The van der Waals surface area contributed by atoms with Crippen LogP contribution >= 0.6 is 0 Å². The quantitative estimate of drug-likeness (QED) is 0.367. The van der Waals surface area contributed by atoms with Crippen LogP contribution in [0.1, 0.15) is 42.1 Å². The van der Waals surface area contributed by atoms with E-state index in [1.165, 1.54) is 0 Å². The number of rotatable bonds is 7. The Kier molecular flexibility index (Phi) is 6.13. The van der Waals surface area contributed by atoms with E-state index in [9.17, 15) is 29.7 Å². The zero-order valence-electron chi connectivity index (χ0n) is 21.6. The number of carbonyl (C=O) groups is 3. The van der Waals surface area contributed by atoms with Gasteiger partial charge in [-0.05, 0) is 44.1 Å². The van der Waals surface area contributed by atoms with Crippen LogP contribution in [0.25, 0.3) is 0 Å². The molecule has 6 rings (SSSR count). The first kappa shape index (κ1) is 26.3. The highest BCUT2D eigenvalue weighted by Gasteiger charge is 2.72. The Morgan fingerprint density at radius 2 is 1.93 bits per heavy atom. The monoisotopic (exact) mass is 551 g/mol. The lowest BCUT2D eigenvalue weighted by Gasteiger charge is -2.61. The highest BCUT2D eigenvalue weighted by atomic mass is 16.6. The van der Waals surface area contributed by atoms with Gasteiger partial charge in [-0.25, -0.2) is 9.59 Å². The van der Waals surface area contributed by atoms with E-state index in [1.807, 2.05) is 13.1 Å². The van der Waals surface area contributed by atoms with Gasteiger partial charge >= 0.3 is 17.9 Å². The van der Waals surface area contributed by atoms with Crippen LogP contribution in [0.5, 0.6) is 11.5 Å². The van der Waals surface area contributed by atoms with E-state index < -0.39 is 53.7 Å². The van der Waals surface area contributed by atoms with Gasteiger partial charge in [-0.1, -0.05) is 36.4 Å². The number of hydrogen-bond acceptors (Lipinski definition) is 10. The Morgan fingerprint density at radius 3 is 2.65 bits per heavy atom. The molecular formula is C29H29NO10. The summed E-state index contributed by atoms with van der Waals surface area (Å²) >= 11 is 0. The molecule has 40 heavy (non-hydrogen) atoms. The van der Waals surface area contributed by atoms with Gasteiger partial charge in [0.25, 0.3) is 0 Å². The highest BCUT2D eigenvalue weighted by Crippen LogP contribution is 2.65. The lowest BCUT2D eigenvalue weighted by Crippen LogP contribution is -2.74. The van der Waals surface area contributed by atoms with Gasteiger partial charge in [0, 0.05) is 23.6 Å². The molecule has 2 aromatic rings. The van der Waals surface area contributed by atoms with Crippen molar-refractivity contribution in [2.75, 3.05) is 13.6 Å². The molecule has 11 heteroatoms. The van der Waals surface area contributed by atoms with Crippen LogP contribution in [0.4, 0.5) is 0 Å². The second kappa shape index (κ2) is 9.33. The van der Waals surface area contributed by atoms with Crippen LogP contribution in [0.15, 0.2) is 54.3 Å². The number of piperidine rings is 1. The van der Waals surface area contributed by atoms with Crippen LogP contribution in [-0.4, -0.2) is 80.7 Å². The number of carbonyl (C=O) groups excluding carboxylic acids is 2. The van der Waals surface area contributed by atoms with Crippen LogP contribution in [0, 0.1) is 0 Å². The molecule has 2 aliphatic heterocycles. The number of aliphatic hydroxyl groups is 2. The summed E-state index contributed by atoms with van der Waals surface area (Å²) in [5, 5.41) is 41.4. The number of nitrogens with zero attached hydrogens (tertiary/aromatic N) is 1. The third-order valence-electron chi connectivity index (χ3n) is 8.78. The minimum Gasteiger partial charge on any atom is -0.504 e. The first-order valence-corrected chi connectivity index (χ1v) is 13.1. The normalized spacial score (nSPS) is 29.3. The molecule has 210 valence electrons. The SMILES string of the molecule is CN1CC[C@]23c4c5ccc(O)c4O[C@H]2C(OC(=O)[C@@H](OC(=O)C[C@H](O)C(=O)O)c2ccccc2)=CC[C@@]3(O)[C@@H]1C5. The number of esters is 2. The Hall–Kier alpha value is -3.93. The second-order valence-corrected chi connectivity index (χ2v) is 10.9. The van der Waals surface area contributed by atoms with Gasteiger partial charge in [0.2, 0.25) is 6.10 Å². The predicted molar refractivity (Wildman–Crippen MR) is 136 cm³/mol. The fourth-order valence-corrected chi connectivity index (χ4v) is 6.91. The molecule has 2 aliphatic carbocycles. The summed E-state index contributed by atoms with van der Waals surface area (Å²) in [4.78, 5) is 39.1. The molecule has 0 unspecified atom stereocenters. The average Bonchev–Trinajstić information content (AvgIpc) is 3.29. The van der Waals surface area contributed by atoms with Crippen molar-refractivity contribution in [1.82, 2.24) is 4.90 Å². The summed E-state index contributed by atoms with van der Waals surface area (Å²) < 4.78 is 17.5. The summed E-state index contributed by atoms with van der Waals surface area (Å²) in [6.07, 6.45) is -2.49. The minimum atomic E-state index is -1.99. The molecule has 0 amide bonds. The molecule has 4 N–H and O–H groups in total. The molecule has 0 saturated carbocycles. The Morgan fingerprint density at radius 1 is 1.18 bits per heavy atom. The number of carboxylic acids is 1. The van der Waals surface area contributed by atoms with Gasteiger partial charge in [0.05, 0.1) is 17.4 Å². The van der Waals surface area contributed by atoms with Crippen molar-refractivity contribution in [3.8, 4) is 11.5 Å². The van der Waals surface area contributed by atoms with E-state index in [2.05, 4.69) is 4.90 Å². The summed E-state index contributed by atoms with van der Waals surface area (Å²) in [6.45, 7) is 0.652. The number of aromatic hydroxyl groups is 1. The summed E-state index contributed by atoms with van der Waals surface area (Å²) in [5.41, 5.74) is -0.243. The van der Waals surface area contributed by atoms with E-state index in [4.69, 9.17) is 19.3 Å². The van der Waals surface area contributed by atoms with Gasteiger partial charge in [-0.15, -0.1) is 0 Å². The smallest absolute Gasteiger partial charge is 0.357 e. The molecule has 6 atom stereocenters. The maximum absolute atomic E-state index is 13.6. The molecule has 1 spiro atoms. The van der Waals surface area contributed by atoms with E-state index in [0.29, 0.717) is 19.4 Å². The molecule has 2 aromatic carbocycles. The van der Waals surface area contributed by atoms with Crippen LogP contribution < -0.4 is 4.74 Å². The number of likely N-dealkylation sites (N-methyl/N-ethyl adjacent to an activating group) is 1. The maximum atomic E-state index is 13.6. The molecule has 1 saturated heterocycles. The van der Waals surface area contributed by atoms with E-state index in [0.717, 1.165) is 11.1 Å². The molecule has 0 aromatic heterocycles. The van der Waals surface area contributed by atoms with Crippen molar-refractivity contribution in [3.63, 3.8) is 0 Å². The number of likely N-dealkylation sites (tertiary alicyclic amines) is 1. The van der Waals surface area contributed by atoms with Crippen molar-refractivity contribution in [2.45, 2.75) is 61.1 Å². The fourth-order valence-electron chi connectivity index (χ4n) is 6.91. The highest BCUT2D eigenvalue weighted by molar-refractivity contribution is 5.84. The van der Waals surface area contributed by atoms with Gasteiger partial charge in [-0.3, -0.25) is 4.79 Å². The standard InChI is InChI=1S/C29H29NO10/c1-30-12-11-28-22-16-7-8-17(31)24(22)40-25(28)19(9-10-29(28,37)20(30)13-16)38-27(36)23(15-5-3-2-4-6-15)39-21(33)14-18(32)26(34)35/h2-9,18,20,23,25,31-32,37H,10-14H2,1H3,(H,34,35)/t18-,20-,23-,25-,28-,29+/m0/s1. The number of benzene rings is 2. The van der Waals surface area contributed by atoms with Gasteiger partial charge in [-0.2, -0.15) is 0 Å². The largest absolute Gasteiger partial charge is 0.504 e. The minimum absolute atomic E-state index is 0.0685. The first-order chi connectivity index (χ1) is 19.1. The van der Waals surface area contributed by atoms with Crippen molar-refractivity contribution in [2.24, 2.45) is 0 Å². The Balaban J connectivity index is 1.34. The second-order valence-electron chi connectivity index (χ2n) is 10.9. The number of aliphatic hydroxyl groups excluding tert-OH is 1. The van der Waals surface area contributed by atoms with Crippen molar-refractivity contribution in [1.29, 1.82) is 0 Å². The number of aliphatic carboxylic acids is 1. The summed E-state index contributed by atoms with van der Waals surface area (Å²) in [7, 11) is 1.96. The zero-order valence-corrected chi connectivity index (χ0v) is 21.6. The van der Waals surface area contributed by atoms with Crippen LogP contribution in [0.2, 0.25) is 0 Å². The van der Waals surface area contributed by atoms with Crippen molar-refractivity contribution < 1.29 is 49.0 Å². The van der Waals surface area contributed by atoms with Crippen molar-refractivity contribution in [3.05, 3.63) is 71.0 Å². The van der Waals surface area contributed by atoms with E-state index in [-0.39, 0.29) is 35.3 Å². The number of phenolic OH excluding ortho intramolecular Hbond substituents is 1. The third-order valence-corrected chi connectivity index (χ3v) is 8.78. The number of carboxylic acid groups (broad SMARTS) is 1. The molecule has 11 nitrogen and oxygen atoms in total. The number of phenols is 1. The maximum Gasteiger partial charge on any atom is 0.357 e. The Bertz CT molecular complexity index is 1420. The average molecular weight is 552 g/mol. The van der Waals surface area contributed by atoms with Crippen LogP contribution in [0.3, 0.4) is 0 Å². The number of ether oxygens (including phenoxy) is 3. The summed E-state index contributed by atoms with van der Waals surface area (Å²) in [5.74, 6) is -3.33. The zero-order chi connectivity index (χ0) is 28.4. The molecule has 4 aliphatic rings. The van der Waals surface area contributed by atoms with Crippen molar-refractivity contribution >= 4 is 17.9 Å². The first-order valence-electron chi connectivity index (χ1n) is 13.1. The van der Waals surface area contributed by atoms with E-state index >= 15 is 0 Å². The van der Waals surface area contributed by atoms with Gasteiger partial charge in [0.15, 0.2) is 23.7 Å². The molecule has 2 heterocycles. The molecule has 2 bridgehead atoms. The Labute approximate surface area is 229 Å². The third kappa shape index (κ3) is 3.72. The fraction of sp³-hybridized carbons (Fsp3) is 0.414. The number of hydrogen-bond donors (Lipinski definition) is 4. The summed E-state index contributed by atoms with van der Waals surface area (Å²) in [6, 6.07) is 11.3. The van der Waals surface area contributed by atoms with Gasteiger partial charge in [0.1, 0.15) is 5.76 Å². The predicted octanol–water partition coefficient (Wildman–Crippen LogP) is 1.33. The molecular weight excluding hydrogens is 522 g/mol. The topological polar surface area (TPSA) is 163 Å². The van der Waals surface area contributed by atoms with Gasteiger partial charge < -0.3 is 39.5 Å². The van der Waals surface area contributed by atoms with Crippen LogP contribution in [-0.2, 0) is 35.7 Å².